The normalized spacial score (nSPS) is 14.7. The van der Waals surface area contributed by atoms with Crippen molar-refractivity contribution >= 4 is 21.8 Å². The summed E-state index contributed by atoms with van der Waals surface area (Å²) in [4.78, 5) is 22.4. The maximum absolute atomic E-state index is 12.2. The molecule has 7 nitrogen and oxygen atoms in total. The molecule has 0 radical (unpaired) electrons. The first-order valence-electron chi connectivity index (χ1n) is 7.00. The fourth-order valence-electron chi connectivity index (χ4n) is 2.39. The summed E-state index contributed by atoms with van der Waals surface area (Å²) in [5.41, 5.74) is 0.662. The highest BCUT2D eigenvalue weighted by Gasteiger charge is 2.37. The molecule has 3 aromatic rings. The molecule has 0 saturated carbocycles. The lowest BCUT2D eigenvalue weighted by Gasteiger charge is -2.36. The minimum atomic E-state index is -0.142. The molecule has 4 heterocycles. The van der Waals surface area contributed by atoms with Gasteiger partial charge in [0.2, 0.25) is 11.7 Å². The van der Waals surface area contributed by atoms with Crippen molar-refractivity contribution in [1.82, 2.24) is 20.0 Å². The number of likely N-dealkylation sites (tertiary alicyclic amines) is 1. The average Bonchev–Trinajstić information content (AvgIpc) is 3.16. The molecule has 8 heteroatoms. The average molecular weight is 375 g/mol. The zero-order valence-electron chi connectivity index (χ0n) is 11.8. The highest BCUT2D eigenvalue weighted by atomic mass is 79.9. The highest BCUT2D eigenvalue weighted by Crippen LogP contribution is 2.29. The van der Waals surface area contributed by atoms with Crippen LogP contribution in [0, 0.1) is 0 Å². The number of furan rings is 1. The molecule has 1 aliphatic rings. The minimum absolute atomic E-state index is 0.0438. The van der Waals surface area contributed by atoms with E-state index >= 15 is 0 Å². The first kappa shape index (κ1) is 14.1. The molecule has 0 aliphatic carbocycles. The van der Waals surface area contributed by atoms with E-state index in [9.17, 15) is 4.79 Å². The van der Waals surface area contributed by atoms with Crippen LogP contribution in [0.4, 0.5) is 0 Å². The molecule has 0 spiro atoms. The lowest BCUT2D eigenvalue weighted by molar-refractivity contribution is 0.0535. The molecule has 1 aliphatic heterocycles. The van der Waals surface area contributed by atoms with Crippen LogP contribution in [-0.2, 0) is 0 Å². The van der Waals surface area contributed by atoms with Crippen LogP contribution in [0.1, 0.15) is 22.4 Å². The van der Waals surface area contributed by atoms with Gasteiger partial charge in [0, 0.05) is 19.3 Å². The topological polar surface area (TPSA) is 85.3 Å². The van der Waals surface area contributed by atoms with Gasteiger partial charge in [-0.2, -0.15) is 4.98 Å². The third kappa shape index (κ3) is 2.65. The molecule has 0 unspecified atom stereocenters. The second-order valence-electron chi connectivity index (χ2n) is 5.18. The number of nitrogens with zero attached hydrogens (tertiary/aromatic N) is 4. The minimum Gasteiger partial charge on any atom is -0.444 e. The monoisotopic (exact) mass is 374 g/mol. The van der Waals surface area contributed by atoms with Crippen molar-refractivity contribution in [1.29, 1.82) is 0 Å². The quantitative estimate of drug-likeness (QED) is 0.700. The summed E-state index contributed by atoms with van der Waals surface area (Å²) in [6.45, 7) is 1.06. The van der Waals surface area contributed by atoms with Crippen LogP contribution < -0.4 is 0 Å². The van der Waals surface area contributed by atoms with E-state index in [0.29, 0.717) is 40.9 Å². The molecule has 0 N–H and O–H groups in total. The zero-order valence-corrected chi connectivity index (χ0v) is 13.4. The standard InChI is InChI=1S/C15H11BrN4O3/c16-12-5-4-11(22-12)15(21)20-7-9(8-20)14-18-13(19-23-14)10-3-1-2-6-17-10/h1-6,9H,7-8H2. The summed E-state index contributed by atoms with van der Waals surface area (Å²) >= 11 is 3.19. The van der Waals surface area contributed by atoms with Crippen molar-refractivity contribution in [3.63, 3.8) is 0 Å². The van der Waals surface area contributed by atoms with Crippen molar-refractivity contribution in [3.05, 3.63) is 52.8 Å². The third-order valence-electron chi connectivity index (χ3n) is 3.64. The van der Waals surface area contributed by atoms with Gasteiger partial charge in [0.25, 0.3) is 5.91 Å². The molecule has 116 valence electrons. The molecule has 1 saturated heterocycles. The largest absolute Gasteiger partial charge is 0.444 e. The Morgan fingerprint density at radius 2 is 2.13 bits per heavy atom. The number of pyridine rings is 1. The molecule has 0 atom stereocenters. The summed E-state index contributed by atoms with van der Waals surface area (Å²) in [7, 11) is 0. The zero-order chi connectivity index (χ0) is 15.8. The smallest absolute Gasteiger partial charge is 0.289 e. The Morgan fingerprint density at radius 1 is 1.26 bits per heavy atom. The van der Waals surface area contributed by atoms with E-state index in [1.165, 1.54) is 0 Å². The highest BCUT2D eigenvalue weighted by molar-refractivity contribution is 9.10. The Hall–Kier alpha value is -2.48. The number of amides is 1. The van der Waals surface area contributed by atoms with Gasteiger partial charge in [-0.05, 0) is 40.2 Å². The van der Waals surface area contributed by atoms with Gasteiger partial charge in [0.05, 0.1) is 5.92 Å². The molecular formula is C15H11BrN4O3. The fourth-order valence-corrected chi connectivity index (χ4v) is 2.69. The molecule has 3 aromatic heterocycles. The number of carbonyl (C=O) groups is 1. The first-order chi connectivity index (χ1) is 11.2. The van der Waals surface area contributed by atoms with Gasteiger partial charge in [-0.15, -0.1) is 0 Å². The lowest BCUT2D eigenvalue weighted by Crippen LogP contribution is -2.48. The molecule has 1 amide bonds. The summed E-state index contributed by atoms with van der Waals surface area (Å²) in [6, 6.07) is 8.85. The van der Waals surface area contributed by atoms with Crippen molar-refractivity contribution in [2.45, 2.75) is 5.92 Å². The Labute approximate surface area is 139 Å². The van der Waals surface area contributed by atoms with Gasteiger partial charge in [0.1, 0.15) is 5.69 Å². The van der Waals surface area contributed by atoms with Crippen LogP contribution in [0.25, 0.3) is 11.5 Å². The van der Waals surface area contributed by atoms with Gasteiger partial charge >= 0.3 is 0 Å². The summed E-state index contributed by atoms with van der Waals surface area (Å²) in [5, 5.41) is 3.94. The van der Waals surface area contributed by atoms with Crippen molar-refractivity contribution in [2.75, 3.05) is 13.1 Å². The number of rotatable bonds is 3. The van der Waals surface area contributed by atoms with Crippen LogP contribution in [0.3, 0.4) is 0 Å². The van der Waals surface area contributed by atoms with E-state index < -0.39 is 0 Å². The maximum atomic E-state index is 12.2. The van der Waals surface area contributed by atoms with Gasteiger partial charge in [-0.3, -0.25) is 9.78 Å². The second kappa shape index (κ2) is 5.62. The fraction of sp³-hybridized carbons (Fsp3) is 0.200. The first-order valence-corrected chi connectivity index (χ1v) is 7.79. The Bertz CT molecular complexity index is 839. The Balaban J connectivity index is 1.42. The lowest BCUT2D eigenvalue weighted by atomic mass is 10.00. The van der Waals surface area contributed by atoms with E-state index in [0.717, 1.165) is 0 Å². The van der Waals surface area contributed by atoms with E-state index in [2.05, 4.69) is 31.1 Å². The van der Waals surface area contributed by atoms with Crippen molar-refractivity contribution in [2.24, 2.45) is 0 Å². The number of halogens is 1. The number of carbonyl (C=O) groups excluding carboxylic acids is 1. The van der Waals surface area contributed by atoms with E-state index in [1.807, 2.05) is 18.2 Å². The van der Waals surface area contributed by atoms with E-state index in [4.69, 9.17) is 8.94 Å². The van der Waals surface area contributed by atoms with Crippen LogP contribution in [0.5, 0.6) is 0 Å². The predicted molar refractivity (Wildman–Crippen MR) is 82.6 cm³/mol. The SMILES string of the molecule is O=C(c1ccc(Br)o1)N1CC(c2nc(-c3ccccn3)no2)C1. The van der Waals surface area contributed by atoms with Gasteiger partial charge in [-0.1, -0.05) is 11.2 Å². The molecule has 1 fully saturated rings. The van der Waals surface area contributed by atoms with E-state index in [1.54, 1.807) is 23.2 Å². The number of hydrogen-bond acceptors (Lipinski definition) is 6. The van der Waals surface area contributed by atoms with Crippen LogP contribution in [-0.4, -0.2) is 39.0 Å². The van der Waals surface area contributed by atoms with Crippen molar-refractivity contribution < 1.29 is 13.7 Å². The van der Waals surface area contributed by atoms with Crippen LogP contribution >= 0.6 is 15.9 Å². The summed E-state index contributed by atoms with van der Waals surface area (Å²) in [5.74, 6) is 1.20. The molecule has 0 bridgehead atoms. The third-order valence-corrected chi connectivity index (χ3v) is 4.06. The molecular weight excluding hydrogens is 364 g/mol. The second-order valence-corrected chi connectivity index (χ2v) is 5.96. The van der Waals surface area contributed by atoms with Gasteiger partial charge < -0.3 is 13.8 Å². The number of hydrogen-bond donors (Lipinski definition) is 0. The maximum Gasteiger partial charge on any atom is 0.289 e. The van der Waals surface area contributed by atoms with Gasteiger partial charge in [-0.25, -0.2) is 0 Å². The molecule has 4 rings (SSSR count). The van der Waals surface area contributed by atoms with Crippen LogP contribution in [0.15, 0.2) is 50.1 Å². The van der Waals surface area contributed by atoms with E-state index in [-0.39, 0.29) is 11.8 Å². The van der Waals surface area contributed by atoms with Gasteiger partial charge in [0.15, 0.2) is 10.4 Å². The molecule has 23 heavy (non-hydrogen) atoms. The van der Waals surface area contributed by atoms with Crippen molar-refractivity contribution in [3.8, 4) is 11.5 Å². The Kier molecular flexibility index (Phi) is 3.45. The summed E-state index contributed by atoms with van der Waals surface area (Å²) < 4.78 is 11.1. The Morgan fingerprint density at radius 3 is 2.83 bits per heavy atom. The number of aromatic nitrogens is 3. The predicted octanol–water partition coefficient (Wildman–Crippen LogP) is 2.73. The molecule has 0 aromatic carbocycles. The van der Waals surface area contributed by atoms with Crippen LogP contribution in [0.2, 0.25) is 0 Å². The summed E-state index contributed by atoms with van der Waals surface area (Å²) in [6.07, 6.45) is 1.68.